The molecule has 1 fully saturated rings. The number of Topliss-reactive ketones (excluding diaryl/α,β-unsaturated/α-hetero) is 1. The zero-order valence-corrected chi connectivity index (χ0v) is 11.5. The average molecular weight is 249 g/mol. The van der Waals surface area contributed by atoms with Gasteiger partial charge in [0.15, 0.2) is 0 Å². The molecule has 1 N–H and O–H groups in total. The number of hydrogen-bond donors (Lipinski definition) is 1. The Morgan fingerprint density at radius 1 is 1.61 bits per heavy atom. The fourth-order valence-electron chi connectivity index (χ4n) is 3.26. The molecule has 4 atom stereocenters. The van der Waals surface area contributed by atoms with Gasteiger partial charge in [0.25, 0.3) is 0 Å². The fraction of sp³-hybridized carbons (Fsp3) is 0.733. The Bertz CT molecular complexity index is 388. The van der Waals surface area contributed by atoms with Crippen molar-refractivity contribution in [1.82, 2.24) is 5.32 Å². The zero-order chi connectivity index (χ0) is 13.3. The molecule has 0 saturated carbocycles. The molecule has 3 heteroatoms. The van der Waals surface area contributed by atoms with Gasteiger partial charge in [-0.15, -0.1) is 0 Å². The summed E-state index contributed by atoms with van der Waals surface area (Å²) in [6, 6.07) is 0.0119. The molecule has 0 bridgehead atoms. The highest BCUT2D eigenvalue weighted by Gasteiger charge is 2.54. The van der Waals surface area contributed by atoms with Gasteiger partial charge in [-0.05, 0) is 45.4 Å². The lowest BCUT2D eigenvalue weighted by Gasteiger charge is -2.50. The average Bonchev–Trinajstić information content (AvgIpc) is 2.36. The molecule has 0 aromatic rings. The van der Waals surface area contributed by atoms with Crippen molar-refractivity contribution in [2.24, 2.45) is 17.3 Å². The summed E-state index contributed by atoms with van der Waals surface area (Å²) in [4.78, 5) is 23.4. The first-order chi connectivity index (χ1) is 8.45. The van der Waals surface area contributed by atoms with E-state index in [1.807, 2.05) is 13.8 Å². The minimum Gasteiger partial charge on any atom is -0.351 e. The second-order valence-corrected chi connectivity index (χ2v) is 6.09. The number of amides is 1. The third kappa shape index (κ3) is 2.23. The standard InChI is InChI=1S/C15H23NO2/c1-10(11(2)17)13-15(3,14(18)16-13)9-12-7-5-4-6-8-12/h5,7,10,12-13H,4,6,8-9H2,1-3H3,(H,16,18). The van der Waals surface area contributed by atoms with E-state index < -0.39 is 0 Å². The van der Waals surface area contributed by atoms with Crippen molar-refractivity contribution in [3.05, 3.63) is 12.2 Å². The Hall–Kier alpha value is -1.12. The molecule has 1 aliphatic heterocycles. The van der Waals surface area contributed by atoms with Crippen molar-refractivity contribution in [1.29, 1.82) is 0 Å². The molecule has 1 saturated heterocycles. The summed E-state index contributed by atoms with van der Waals surface area (Å²) < 4.78 is 0. The van der Waals surface area contributed by atoms with E-state index in [9.17, 15) is 9.59 Å². The summed E-state index contributed by atoms with van der Waals surface area (Å²) in [6.07, 6.45) is 8.88. The minimum atomic E-state index is -0.364. The van der Waals surface area contributed by atoms with Crippen LogP contribution in [0.5, 0.6) is 0 Å². The highest BCUT2D eigenvalue weighted by molar-refractivity contribution is 5.92. The first kappa shape index (κ1) is 13.3. The number of carbonyl (C=O) groups excluding carboxylic acids is 2. The Balaban J connectivity index is 2.07. The summed E-state index contributed by atoms with van der Waals surface area (Å²) in [5.74, 6) is 0.682. The van der Waals surface area contributed by atoms with Gasteiger partial charge >= 0.3 is 0 Å². The van der Waals surface area contributed by atoms with Crippen LogP contribution >= 0.6 is 0 Å². The molecule has 3 nitrogen and oxygen atoms in total. The SMILES string of the molecule is CC(=O)C(C)C1NC(=O)C1(C)CC1C=CCCC1. The van der Waals surface area contributed by atoms with Gasteiger partial charge in [-0.25, -0.2) is 0 Å². The molecule has 1 aliphatic carbocycles. The smallest absolute Gasteiger partial charge is 0.228 e. The molecule has 1 heterocycles. The van der Waals surface area contributed by atoms with Crippen molar-refractivity contribution < 1.29 is 9.59 Å². The topological polar surface area (TPSA) is 46.2 Å². The number of nitrogens with one attached hydrogen (secondary N) is 1. The number of β-lactam (4-membered cyclic amide) rings is 1. The molecule has 100 valence electrons. The van der Waals surface area contributed by atoms with E-state index in [2.05, 4.69) is 17.5 Å². The van der Waals surface area contributed by atoms with Crippen molar-refractivity contribution in [2.45, 2.75) is 52.5 Å². The minimum absolute atomic E-state index is 0.0119. The van der Waals surface area contributed by atoms with Gasteiger partial charge in [-0.2, -0.15) is 0 Å². The maximum atomic E-state index is 11.9. The maximum Gasteiger partial charge on any atom is 0.228 e. The number of carbonyl (C=O) groups is 2. The molecular formula is C15H23NO2. The molecule has 0 radical (unpaired) electrons. The summed E-state index contributed by atoms with van der Waals surface area (Å²) in [7, 11) is 0. The lowest BCUT2D eigenvalue weighted by molar-refractivity contribution is -0.150. The summed E-state index contributed by atoms with van der Waals surface area (Å²) in [6.45, 7) is 5.54. The van der Waals surface area contributed by atoms with Crippen LogP contribution in [-0.2, 0) is 9.59 Å². The van der Waals surface area contributed by atoms with Crippen molar-refractivity contribution in [3.8, 4) is 0 Å². The van der Waals surface area contributed by atoms with Gasteiger partial charge in [-0.3, -0.25) is 9.59 Å². The van der Waals surface area contributed by atoms with Crippen LogP contribution in [0.1, 0.15) is 46.5 Å². The molecule has 0 aromatic heterocycles. The quantitative estimate of drug-likeness (QED) is 0.614. The third-order valence-electron chi connectivity index (χ3n) is 4.67. The van der Waals surface area contributed by atoms with Crippen LogP contribution in [0.25, 0.3) is 0 Å². The summed E-state index contributed by atoms with van der Waals surface area (Å²) >= 11 is 0. The van der Waals surface area contributed by atoms with E-state index in [0.717, 1.165) is 12.8 Å². The molecule has 2 aliphatic rings. The largest absolute Gasteiger partial charge is 0.351 e. The van der Waals surface area contributed by atoms with Gasteiger partial charge in [0.05, 0.1) is 11.5 Å². The van der Waals surface area contributed by atoms with Crippen molar-refractivity contribution >= 4 is 11.7 Å². The van der Waals surface area contributed by atoms with Crippen LogP contribution < -0.4 is 5.32 Å². The number of hydrogen-bond acceptors (Lipinski definition) is 2. The lowest BCUT2D eigenvalue weighted by Crippen LogP contribution is -2.69. The van der Waals surface area contributed by atoms with Crippen molar-refractivity contribution in [2.75, 3.05) is 0 Å². The maximum absolute atomic E-state index is 11.9. The van der Waals surface area contributed by atoms with Gasteiger partial charge < -0.3 is 5.32 Å². The van der Waals surface area contributed by atoms with E-state index in [-0.39, 0.29) is 29.1 Å². The second kappa shape index (κ2) is 4.87. The normalized spacial score (nSPS) is 36.7. The monoisotopic (exact) mass is 249 g/mol. The third-order valence-corrected chi connectivity index (χ3v) is 4.67. The number of rotatable bonds is 4. The van der Waals surface area contributed by atoms with Crippen LogP contribution in [0.3, 0.4) is 0 Å². The van der Waals surface area contributed by atoms with Crippen molar-refractivity contribution in [3.63, 3.8) is 0 Å². The van der Waals surface area contributed by atoms with Crippen LogP contribution in [0.2, 0.25) is 0 Å². The first-order valence-corrected chi connectivity index (χ1v) is 6.93. The molecule has 0 spiro atoms. The van der Waals surface area contributed by atoms with Crippen LogP contribution in [0.15, 0.2) is 12.2 Å². The van der Waals surface area contributed by atoms with E-state index in [0.29, 0.717) is 5.92 Å². The van der Waals surface area contributed by atoms with E-state index in [1.54, 1.807) is 6.92 Å². The Morgan fingerprint density at radius 3 is 2.83 bits per heavy atom. The van der Waals surface area contributed by atoms with Gasteiger partial charge in [0, 0.05) is 5.92 Å². The second-order valence-electron chi connectivity index (χ2n) is 6.09. The molecule has 18 heavy (non-hydrogen) atoms. The van der Waals surface area contributed by atoms with Crippen LogP contribution in [0.4, 0.5) is 0 Å². The molecule has 2 rings (SSSR count). The number of ketones is 1. The van der Waals surface area contributed by atoms with Gasteiger partial charge in [0.2, 0.25) is 5.91 Å². The van der Waals surface area contributed by atoms with E-state index in [1.165, 1.54) is 12.8 Å². The highest BCUT2D eigenvalue weighted by Crippen LogP contribution is 2.42. The summed E-state index contributed by atoms with van der Waals surface area (Å²) in [5, 5.41) is 2.92. The first-order valence-electron chi connectivity index (χ1n) is 6.93. The Kier molecular flexibility index (Phi) is 3.60. The van der Waals surface area contributed by atoms with Gasteiger partial charge in [0.1, 0.15) is 5.78 Å². The van der Waals surface area contributed by atoms with Gasteiger partial charge in [-0.1, -0.05) is 19.1 Å². The zero-order valence-electron chi connectivity index (χ0n) is 11.5. The molecule has 0 aromatic carbocycles. The Labute approximate surface area is 109 Å². The fourth-order valence-corrected chi connectivity index (χ4v) is 3.26. The molecule has 1 amide bonds. The molecular weight excluding hydrogens is 226 g/mol. The predicted octanol–water partition coefficient (Wildman–Crippen LogP) is 2.46. The predicted molar refractivity (Wildman–Crippen MR) is 71.0 cm³/mol. The van der Waals surface area contributed by atoms with E-state index in [4.69, 9.17) is 0 Å². The van der Waals surface area contributed by atoms with Crippen LogP contribution in [0, 0.1) is 17.3 Å². The number of allylic oxidation sites excluding steroid dienone is 2. The lowest BCUT2D eigenvalue weighted by atomic mass is 9.63. The Morgan fingerprint density at radius 2 is 2.33 bits per heavy atom. The van der Waals surface area contributed by atoms with E-state index >= 15 is 0 Å². The molecule has 4 unspecified atom stereocenters. The summed E-state index contributed by atoms with van der Waals surface area (Å²) in [5.41, 5.74) is -0.364. The highest BCUT2D eigenvalue weighted by atomic mass is 16.2. The van der Waals surface area contributed by atoms with Crippen LogP contribution in [-0.4, -0.2) is 17.7 Å².